The van der Waals surface area contributed by atoms with Crippen LogP contribution in [0.3, 0.4) is 0 Å². The van der Waals surface area contributed by atoms with Crippen LogP contribution in [0, 0.1) is 0 Å². The number of aliphatic hydroxyl groups is 2. The second-order valence-electron chi connectivity index (χ2n) is 26.3. The van der Waals surface area contributed by atoms with E-state index in [-0.39, 0.29) is 18.5 Å². The van der Waals surface area contributed by atoms with Gasteiger partial charge in [-0.25, -0.2) is 0 Å². The van der Waals surface area contributed by atoms with Gasteiger partial charge in [-0.05, 0) is 51.4 Å². The van der Waals surface area contributed by atoms with Crippen LogP contribution in [0.5, 0.6) is 0 Å². The number of amides is 1. The molecule has 3 N–H and O–H groups in total. The molecule has 6 nitrogen and oxygen atoms in total. The lowest BCUT2D eigenvalue weighted by atomic mass is 10.0. The molecule has 2 atom stereocenters. The monoisotopic (exact) mass is 1160 g/mol. The van der Waals surface area contributed by atoms with Crippen molar-refractivity contribution >= 4 is 11.9 Å². The number of esters is 1. The van der Waals surface area contributed by atoms with Crippen LogP contribution in [0.2, 0.25) is 0 Å². The Labute approximate surface area is 514 Å². The number of rotatable bonds is 72. The molecule has 0 rings (SSSR count). The lowest BCUT2D eigenvalue weighted by Crippen LogP contribution is -2.45. The van der Waals surface area contributed by atoms with E-state index < -0.39 is 12.1 Å². The third-order valence-corrected chi connectivity index (χ3v) is 18.1. The van der Waals surface area contributed by atoms with E-state index in [1.165, 1.54) is 360 Å². The SMILES string of the molecule is CCCCCCCC/C=C\CCCCCCCCCC(=O)OCCCCCCCCCCCCCCCCCCCCCCCCCCCCCCCCCC(=O)NC(CO)C(O)CCCCCCCCCCCCCCCCCCC. The number of hydrogen-bond donors (Lipinski definition) is 3. The summed E-state index contributed by atoms with van der Waals surface area (Å²) in [6.45, 7) is 5.00. The zero-order chi connectivity index (χ0) is 59.2. The Morgan fingerprint density at radius 3 is 0.866 bits per heavy atom. The average molecular weight is 1160 g/mol. The minimum absolute atomic E-state index is 0.0185. The molecule has 0 aliphatic rings. The van der Waals surface area contributed by atoms with Gasteiger partial charge in [-0.3, -0.25) is 9.59 Å². The molecule has 0 bridgehead atoms. The average Bonchev–Trinajstić information content (AvgIpc) is 3.48. The van der Waals surface area contributed by atoms with E-state index >= 15 is 0 Å². The van der Waals surface area contributed by atoms with Crippen molar-refractivity contribution in [2.24, 2.45) is 0 Å². The van der Waals surface area contributed by atoms with Gasteiger partial charge in [-0.1, -0.05) is 386 Å². The van der Waals surface area contributed by atoms with E-state index in [2.05, 4.69) is 31.3 Å². The van der Waals surface area contributed by atoms with E-state index in [0.717, 1.165) is 44.9 Å². The smallest absolute Gasteiger partial charge is 0.305 e. The molecule has 0 heterocycles. The lowest BCUT2D eigenvalue weighted by Gasteiger charge is -2.22. The highest BCUT2D eigenvalue weighted by molar-refractivity contribution is 5.76. The first-order valence-corrected chi connectivity index (χ1v) is 37.9. The number of ether oxygens (including phenoxy) is 1. The number of carbonyl (C=O) groups is 2. The van der Waals surface area contributed by atoms with Gasteiger partial charge in [0, 0.05) is 12.8 Å². The fraction of sp³-hybridized carbons (Fsp3) is 0.947. The Balaban J connectivity index is 3.31. The quantitative estimate of drug-likeness (QED) is 0.0320. The Bertz CT molecular complexity index is 1240. The maximum absolute atomic E-state index is 12.5. The van der Waals surface area contributed by atoms with Gasteiger partial charge < -0.3 is 20.3 Å². The van der Waals surface area contributed by atoms with Gasteiger partial charge in [0.05, 0.1) is 25.4 Å². The van der Waals surface area contributed by atoms with Crippen LogP contribution in [-0.2, 0) is 14.3 Å². The molecule has 0 aromatic carbocycles. The van der Waals surface area contributed by atoms with Crippen molar-refractivity contribution in [3.63, 3.8) is 0 Å². The largest absolute Gasteiger partial charge is 0.466 e. The summed E-state index contributed by atoms with van der Waals surface area (Å²) in [5.74, 6) is -0.00783. The van der Waals surface area contributed by atoms with E-state index in [1.54, 1.807) is 0 Å². The second-order valence-corrected chi connectivity index (χ2v) is 26.3. The van der Waals surface area contributed by atoms with Crippen molar-refractivity contribution in [1.82, 2.24) is 5.32 Å². The predicted molar refractivity (Wildman–Crippen MR) is 361 cm³/mol. The van der Waals surface area contributed by atoms with Gasteiger partial charge in [-0.2, -0.15) is 0 Å². The summed E-state index contributed by atoms with van der Waals surface area (Å²) >= 11 is 0. The molecule has 488 valence electrons. The number of hydrogen-bond acceptors (Lipinski definition) is 5. The number of aliphatic hydroxyl groups excluding tert-OH is 2. The van der Waals surface area contributed by atoms with E-state index in [9.17, 15) is 19.8 Å². The molecule has 0 aliphatic carbocycles. The van der Waals surface area contributed by atoms with Crippen LogP contribution in [0.1, 0.15) is 438 Å². The first kappa shape index (κ1) is 80.6. The molecule has 0 aliphatic heterocycles. The maximum atomic E-state index is 12.5. The summed E-state index contributed by atoms with van der Waals surface area (Å²) in [4.78, 5) is 24.6. The number of unbranched alkanes of at least 4 members (excludes halogenated alkanes) is 59. The van der Waals surface area contributed by atoms with E-state index in [1.807, 2.05) is 0 Å². The van der Waals surface area contributed by atoms with Crippen LogP contribution in [0.25, 0.3) is 0 Å². The summed E-state index contributed by atoms with van der Waals surface area (Å²) in [5, 5.41) is 23.4. The van der Waals surface area contributed by atoms with E-state index in [0.29, 0.717) is 25.9 Å². The standard InChI is InChI=1S/C76H149NO5/c1-3-5-7-9-11-13-15-17-19-36-40-44-48-52-56-60-64-68-74(79)73(72-78)77-75(80)69-65-61-57-53-49-45-41-38-34-32-30-28-26-24-22-21-23-25-27-29-31-33-35-39-43-47-51-55-59-63-67-71-82-76(81)70-66-62-58-54-50-46-42-37-20-18-16-14-12-10-8-6-4-2/h18,20,73-74,78-79H,3-17,19,21-72H2,1-2H3,(H,77,80)/b20-18-. The van der Waals surface area contributed by atoms with Crippen LogP contribution >= 0.6 is 0 Å². The van der Waals surface area contributed by atoms with Gasteiger partial charge in [0.15, 0.2) is 0 Å². The molecular formula is C76H149NO5. The van der Waals surface area contributed by atoms with E-state index in [4.69, 9.17) is 4.74 Å². The molecule has 0 radical (unpaired) electrons. The minimum atomic E-state index is -0.661. The van der Waals surface area contributed by atoms with Crippen molar-refractivity contribution in [3.8, 4) is 0 Å². The first-order valence-electron chi connectivity index (χ1n) is 37.9. The molecule has 0 spiro atoms. The topological polar surface area (TPSA) is 95.9 Å². The molecule has 1 amide bonds. The summed E-state index contributed by atoms with van der Waals surface area (Å²) < 4.78 is 5.51. The van der Waals surface area contributed by atoms with Gasteiger partial charge in [0.2, 0.25) is 5.91 Å². The molecule has 0 saturated heterocycles. The molecule has 0 fully saturated rings. The first-order chi connectivity index (χ1) is 40.5. The molecule has 2 unspecified atom stereocenters. The van der Waals surface area contributed by atoms with Gasteiger partial charge in [0.25, 0.3) is 0 Å². The summed E-state index contributed by atoms with van der Waals surface area (Å²) in [5.41, 5.74) is 0. The molecule has 0 aromatic rings. The van der Waals surface area contributed by atoms with Crippen molar-refractivity contribution in [2.45, 2.75) is 450 Å². The summed E-state index contributed by atoms with van der Waals surface area (Å²) in [6.07, 6.45) is 90.0. The molecule has 6 heteroatoms. The Morgan fingerprint density at radius 1 is 0.329 bits per heavy atom. The third-order valence-electron chi connectivity index (χ3n) is 18.1. The van der Waals surface area contributed by atoms with Crippen molar-refractivity contribution in [1.29, 1.82) is 0 Å². The van der Waals surface area contributed by atoms with Crippen molar-refractivity contribution in [2.75, 3.05) is 13.2 Å². The maximum Gasteiger partial charge on any atom is 0.305 e. The van der Waals surface area contributed by atoms with Gasteiger partial charge >= 0.3 is 5.97 Å². The van der Waals surface area contributed by atoms with Crippen molar-refractivity contribution < 1.29 is 24.5 Å². The van der Waals surface area contributed by atoms with Crippen LogP contribution in [-0.4, -0.2) is 47.4 Å². The fourth-order valence-corrected chi connectivity index (χ4v) is 12.3. The molecule has 82 heavy (non-hydrogen) atoms. The Hall–Kier alpha value is -1.40. The molecule has 0 aromatic heterocycles. The fourth-order valence-electron chi connectivity index (χ4n) is 12.3. The number of nitrogens with one attached hydrogen (secondary N) is 1. The van der Waals surface area contributed by atoms with Gasteiger partial charge in [0.1, 0.15) is 0 Å². The highest BCUT2D eigenvalue weighted by Crippen LogP contribution is 2.20. The summed E-state index contributed by atoms with van der Waals surface area (Å²) in [7, 11) is 0. The number of carbonyl (C=O) groups excluding carboxylic acids is 2. The normalized spacial score (nSPS) is 12.5. The van der Waals surface area contributed by atoms with Crippen LogP contribution in [0.4, 0.5) is 0 Å². The Kier molecular flexibility index (Phi) is 70.8. The van der Waals surface area contributed by atoms with Gasteiger partial charge in [-0.15, -0.1) is 0 Å². The zero-order valence-electron chi connectivity index (χ0n) is 56.0. The highest BCUT2D eigenvalue weighted by Gasteiger charge is 2.20. The molecular weight excluding hydrogens is 1010 g/mol. The summed E-state index contributed by atoms with van der Waals surface area (Å²) in [6, 6.07) is -0.538. The number of allylic oxidation sites excluding steroid dienone is 2. The van der Waals surface area contributed by atoms with Crippen LogP contribution < -0.4 is 5.32 Å². The second kappa shape index (κ2) is 72.1. The minimum Gasteiger partial charge on any atom is -0.466 e. The zero-order valence-corrected chi connectivity index (χ0v) is 56.0. The van der Waals surface area contributed by atoms with Crippen molar-refractivity contribution in [3.05, 3.63) is 12.2 Å². The molecule has 0 saturated carbocycles. The van der Waals surface area contributed by atoms with Crippen LogP contribution in [0.15, 0.2) is 12.2 Å². The Morgan fingerprint density at radius 2 is 0.573 bits per heavy atom. The third kappa shape index (κ3) is 67.7. The highest BCUT2D eigenvalue weighted by atomic mass is 16.5. The predicted octanol–water partition coefficient (Wildman–Crippen LogP) is 24.7. The lowest BCUT2D eigenvalue weighted by molar-refractivity contribution is -0.143.